The van der Waals surface area contributed by atoms with E-state index in [-0.39, 0.29) is 0 Å². The molecule has 1 aromatic rings. The largest absolute Gasteiger partial charge is 0.294 e. The van der Waals surface area contributed by atoms with Crippen LogP contribution in [0.15, 0.2) is 18.2 Å². The Balaban J connectivity index is 3.02. The maximum absolute atomic E-state index is 2.60. The average molecular weight is 321 g/mol. The fraction of sp³-hybridized carbons (Fsp3) is 0.700. The molecule has 22 heavy (non-hydrogen) atoms. The molecule has 0 bridgehead atoms. The van der Waals surface area contributed by atoms with Gasteiger partial charge in [-0.2, -0.15) is 0 Å². The highest BCUT2D eigenvalue weighted by Crippen LogP contribution is 2.29. The quantitative estimate of drug-likeness (QED) is 0.543. The van der Waals surface area contributed by atoms with Gasteiger partial charge in [0, 0.05) is 18.6 Å². The van der Waals surface area contributed by atoms with E-state index in [1.807, 2.05) is 0 Å². The number of rotatable bonds is 9. The molecule has 126 valence electrons. The molecule has 2 heteroatoms. The molecular weight excluding hydrogens is 285 g/mol. The average Bonchev–Trinajstić information content (AvgIpc) is 2.46. The summed E-state index contributed by atoms with van der Waals surface area (Å²) in [7, 11) is 0.960. The van der Waals surface area contributed by atoms with Gasteiger partial charge in [0.1, 0.15) is 0 Å². The van der Waals surface area contributed by atoms with Crippen LogP contribution in [0.2, 0.25) is 0 Å². The van der Waals surface area contributed by atoms with Crippen LogP contribution < -0.4 is 5.30 Å². The number of nitrogens with zero attached hydrogens (tertiary/aromatic N) is 1. The van der Waals surface area contributed by atoms with Gasteiger partial charge in [0.15, 0.2) is 0 Å². The second-order valence-electron chi connectivity index (χ2n) is 7.01. The third-order valence-corrected chi connectivity index (χ3v) is 6.63. The maximum atomic E-state index is 2.60. The maximum Gasteiger partial charge on any atom is 0.0245 e. The summed E-state index contributed by atoms with van der Waals surface area (Å²) in [5, 5.41) is 1.63. The van der Waals surface area contributed by atoms with Crippen molar-refractivity contribution >= 4 is 13.9 Å². The molecule has 2 atom stereocenters. The van der Waals surface area contributed by atoms with Crippen molar-refractivity contribution < 1.29 is 0 Å². The number of aryl methyl sites for hydroxylation is 1. The Morgan fingerprint density at radius 1 is 1.05 bits per heavy atom. The molecule has 0 aliphatic carbocycles. The molecule has 0 aliphatic rings. The molecule has 0 amide bonds. The van der Waals surface area contributed by atoms with E-state index in [0.29, 0.717) is 12.1 Å². The Kier molecular flexibility index (Phi) is 8.65. The Bertz CT molecular complexity index is 431. The second-order valence-corrected chi connectivity index (χ2v) is 8.61. The molecule has 0 N–H and O–H groups in total. The fourth-order valence-electron chi connectivity index (χ4n) is 3.16. The van der Waals surface area contributed by atoms with E-state index in [2.05, 4.69) is 71.6 Å². The molecule has 1 rings (SSSR count). The zero-order valence-electron chi connectivity index (χ0n) is 15.7. The van der Waals surface area contributed by atoms with Gasteiger partial charge in [0.25, 0.3) is 0 Å². The molecule has 0 saturated carbocycles. The lowest BCUT2D eigenvalue weighted by Crippen LogP contribution is -2.37. The molecule has 0 saturated heterocycles. The Labute approximate surface area is 140 Å². The molecule has 0 radical (unpaired) electrons. The van der Waals surface area contributed by atoms with Crippen LogP contribution >= 0.6 is 8.58 Å². The first-order valence-electron chi connectivity index (χ1n) is 9.01. The zero-order valence-corrected chi connectivity index (χ0v) is 16.7. The number of benzene rings is 1. The highest BCUT2D eigenvalue weighted by molar-refractivity contribution is 7.48. The molecule has 1 nitrogen and oxygen atoms in total. The van der Waals surface area contributed by atoms with E-state index in [1.54, 1.807) is 10.9 Å². The minimum atomic E-state index is 0.592. The summed E-state index contributed by atoms with van der Waals surface area (Å²) in [6, 6.07) is 8.06. The van der Waals surface area contributed by atoms with Gasteiger partial charge in [-0.15, -0.1) is 0 Å². The number of hydrogen-bond acceptors (Lipinski definition) is 1. The summed E-state index contributed by atoms with van der Waals surface area (Å²) in [4.78, 5) is 2.60. The van der Waals surface area contributed by atoms with Crippen molar-refractivity contribution in [3.05, 3.63) is 29.3 Å². The molecule has 0 aromatic heterocycles. The van der Waals surface area contributed by atoms with E-state index in [4.69, 9.17) is 0 Å². The van der Waals surface area contributed by atoms with E-state index >= 15 is 0 Å². The van der Waals surface area contributed by atoms with Crippen LogP contribution in [0.3, 0.4) is 0 Å². The van der Waals surface area contributed by atoms with Crippen molar-refractivity contribution in [1.82, 2.24) is 4.90 Å². The molecule has 0 spiro atoms. The van der Waals surface area contributed by atoms with Crippen LogP contribution in [-0.2, 0) is 6.54 Å². The van der Waals surface area contributed by atoms with Gasteiger partial charge in [-0.05, 0) is 69.6 Å². The lowest BCUT2D eigenvalue weighted by molar-refractivity contribution is 0.166. The first-order valence-corrected chi connectivity index (χ1v) is 10.1. The topological polar surface area (TPSA) is 3.24 Å². The predicted molar refractivity (Wildman–Crippen MR) is 104 cm³/mol. The molecular formula is C20H36NP. The third kappa shape index (κ3) is 5.67. The van der Waals surface area contributed by atoms with Crippen molar-refractivity contribution in [2.45, 2.75) is 92.0 Å². The van der Waals surface area contributed by atoms with Crippen LogP contribution in [0.5, 0.6) is 0 Å². The lowest BCUT2D eigenvalue weighted by atomic mass is 10.1. The van der Waals surface area contributed by atoms with E-state index in [9.17, 15) is 0 Å². The van der Waals surface area contributed by atoms with E-state index in [1.165, 1.54) is 24.8 Å². The predicted octanol–water partition coefficient (Wildman–Crippen LogP) is 5.50. The van der Waals surface area contributed by atoms with Crippen molar-refractivity contribution in [3.8, 4) is 0 Å². The Morgan fingerprint density at radius 2 is 1.68 bits per heavy atom. The highest BCUT2D eigenvalue weighted by atomic mass is 31.1. The van der Waals surface area contributed by atoms with Gasteiger partial charge >= 0.3 is 0 Å². The standard InChI is InChI=1S/C20H36NP/c1-8-11-19(9-2)22-20-17(7)12-10-13-18(20)14-21(15(3)4)16(5)6/h10,12-13,15-16,19,22H,8-9,11,14H2,1-7H3. The zero-order chi connectivity index (χ0) is 16.7. The van der Waals surface area contributed by atoms with Crippen LogP contribution in [0, 0.1) is 6.92 Å². The van der Waals surface area contributed by atoms with Crippen molar-refractivity contribution in [2.24, 2.45) is 0 Å². The summed E-state index contributed by atoms with van der Waals surface area (Å²) in [5.41, 5.74) is 3.89. The van der Waals surface area contributed by atoms with Crippen molar-refractivity contribution in [2.75, 3.05) is 0 Å². The molecule has 1 aromatic carbocycles. The van der Waals surface area contributed by atoms with Gasteiger partial charge in [0.2, 0.25) is 0 Å². The minimum Gasteiger partial charge on any atom is -0.294 e. The van der Waals surface area contributed by atoms with Crippen LogP contribution in [-0.4, -0.2) is 22.6 Å². The molecule has 0 aliphatic heterocycles. The van der Waals surface area contributed by atoms with E-state index in [0.717, 1.165) is 20.8 Å². The Hall–Kier alpha value is -0.390. The van der Waals surface area contributed by atoms with Crippen LogP contribution in [0.4, 0.5) is 0 Å². The molecule has 0 fully saturated rings. The first kappa shape index (κ1) is 19.7. The van der Waals surface area contributed by atoms with Crippen LogP contribution in [0.1, 0.15) is 71.9 Å². The normalized spacial score (nSPS) is 13.9. The van der Waals surface area contributed by atoms with Gasteiger partial charge in [0.05, 0.1) is 0 Å². The lowest BCUT2D eigenvalue weighted by Gasteiger charge is -2.32. The minimum absolute atomic E-state index is 0.592. The smallest absolute Gasteiger partial charge is 0.0245 e. The highest BCUT2D eigenvalue weighted by Gasteiger charge is 2.17. The second kappa shape index (κ2) is 9.68. The van der Waals surface area contributed by atoms with Gasteiger partial charge in [-0.25, -0.2) is 0 Å². The summed E-state index contributed by atoms with van der Waals surface area (Å²) in [6.07, 6.45) is 3.97. The summed E-state index contributed by atoms with van der Waals surface area (Å²) in [5.74, 6) is 0. The van der Waals surface area contributed by atoms with Crippen molar-refractivity contribution in [1.29, 1.82) is 0 Å². The van der Waals surface area contributed by atoms with Gasteiger partial charge in [-0.1, -0.05) is 47.0 Å². The Morgan fingerprint density at radius 3 is 2.18 bits per heavy atom. The van der Waals surface area contributed by atoms with E-state index < -0.39 is 0 Å². The number of hydrogen-bond donors (Lipinski definition) is 0. The molecule has 2 unspecified atom stereocenters. The monoisotopic (exact) mass is 321 g/mol. The summed E-state index contributed by atoms with van der Waals surface area (Å²) < 4.78 is 0. The summed E-state index contributed by atoms with van der Waals surface area (Å²) >= 11 is 0. The third-order valence-electron chi connectivity index (χ3n) is 4.52. The fourth-order valence-corrected chi connectivity index (χ4v) is 4.86. The molecule has 0 heterocycles. The van der Waals surface area contributed by atoms with Crippen molar-refractivity contribution in [3.63, 3.8) is 0 Å². The first-order chi connectivity index (χ1) is 10.4. The summed E-state index contributed by atoms with van der Waals surface area (Å²) in [6.45, 7) is 17.3. The SMILES string of the molecule is CCCC(CC)Pc1c(C)cccc1CN(C(C)C)C(C)C. The van der Waals surface area contributed by atoms with Crippen LogP contribution in [0.25, 0.3) is 0 Å². The van der Waals surface area contributed by atoms with Gasteiger partial charge in [-0.3, -0.25) is 4.90 Å². The van der Waals surface area contributed by atoms with Gasteiger partial charge < -0.3 is 0 Å².